The average Bonchev–Trinajstić information content (AvgIpc) is 2.40. The molecule has 0 heterocycles. The number of amides is 2. The highest BCUT2D eigenvalue weighted by molar-refractivity contribution is 9.10. The van der Waals surface area contributed by atoms with E-state index < -0.39 is 11.8 Å². The first kappa shape index (κ1) is 16.1. The van der Waals surface area contributed by atoms with Crippen molar-refractivity contribution in [2.45, 2.75) is 6.92 Å². The summed E-state index contributed by atoms with van der Waals surface area (Å²) in [7, 11) is 0. The van der Waals surface area contributed by atoms with Crippen LogP contribution < -0.4 is 10.6 Å². The van der Waals surface area contributed by atoms with Crippen molar-refractivity contribution in [1.29, 1.82) is 0 Å². The SMILES string of the molecule is Cc1cc(Br)c(F)cc1NC(=O)Nc1ccc(Cl)c(Cl)c1. The van der Waals surface area contributed by atoms with Gasteiger partial charge in [0.2, 0.25) is 0 Å². The number of hydrogen-bond donors (Lipinski definition) is 2. The van der Waals surface area contributed by atoms with Gasteiger partial charge in [-0.05, 0) is 58.7 Å². The Kier molecular flexibility index (Phi) is 5.08. The summed E-state index contributed by atoms with van der Waals surface area (Å²) in [6, 6.07) is 7.04. The van der Waals surface area contributed by atoms with Crippen molar-refractivity contribution in [2.75, 3.05) is 10.6 Å². The largest absolute Gasteiger partial charge is 0.323 e. The van der Waals surface area contributed by atoms with E-state index in [1.54, 1.807) is 25.1 Å². The van der Waals surface area contributed by atoms with Gasteiger partial charge in [0.15, 0.2) is 0 Å². The van der Waals surface area contributed by atoms with Crippen LogP contribution in [-0.4, -0.2) is 6.03 Å². The van der Waals surface area contributed by atoms with E-state index in [2.05, 4.69) is 26.6 Å². The van der Waals surface area contributed by atoms with Gasteiger partial charge in [-0.2, -0.15) is 0 Å². The lowest BCUT2D eigenvalue weighted by molar-refractivity contribution is 0.262. The van der Waals surface area contributed by atoms with Gasteiger partial charge in [0.25, 0.3) is 0 Å². The van der Waals surface area contributed by atoms with E-state index >= 15 is 0 Å². The van der Waals surface area contributed by atoms with Gasteiger partial charge in [0, 0.05) is 11.4 Å². The summed E-state index contributed by atoms with van der Waals surface area (Å²) in [6.45, 7) is 1.76. The fraction of sp³-hybridized carbons (Fsp3) is 0.0714. The maximum atomic E-state index is 13.5. The van der Waals surface area contributed by atoms with E-state index in [0.29, 0.717) is 25.9 Å². The molecule has 3 nitrogen and oxygen atoms in total. The second-order valence-electron chi connectivity index (χ2n) is 4.29. The van der Waals surface area contributed by atoms with E-state index in [1.807, 2.05) is 0 Å². The zero-order chi connectivity index (χ0) is 15.6. The number of aryl methyl sites for hydroxylation is 1. The minimum absolute atomic E-state index is 0.334. The molecule has 0 aliphatic carbocycles. The average molecular weight is 392 g/mol. The molecule has 0 atom stereocenters. The van der Waals surface area contributed by atoms with Crippen LogP contribution in [0.1, 0.15) is 5.56 Å². The van der Waals surface area contributed by atoms with Gasteiger partial charge in [-0.25, -0.2) is 9.18 Å². The van der Waals surface area contributed by atoms with E-state index in [-0.39, 0.29) is 0 Å². The van der Waals surface area contributed by atoms with Crippen molar-refractivity contribution >= 4 is 56.5 Å². The molecule has 2 amide bonds. The summed E-state index contributed by atoms with van der Waals surface area (Å²) in [5, 5.41) is 5.90. The minimum atomic E-state index is -0.502. The molecular formula is C14H10BrCl2FN2O. The van der Waals surface area contributed by atoms with Crippen LogP contribution >= 0.6 is 39.1 Å². The van der Waals surface area contributed by atoms with Gasteiger partial charge < -0.3 is 10.6 Å². The van der Waals surface area contributed by atoms with Crippen LogP contribution in [-0.2, 0) is 0 Å². The van der Waals surface area contributed by atoms with Crippen LogP contribution in [0, 0.1) is 12.7 Å². The Morgan fingerprint density at radius 2 is 1.86 bits per heavy atom. The summed E-state index contributed by atoms with van der Waals surface area (Å²) >= 11 is 14.7. The molecule has 110 valence electrons. The number of rotatable bonds is 2. The predicted molar refractivity (Wildman–Crippen MR) is 87.9 cm³/mol. The number of hydrogen-bond acceptors (Lipinski definition) is 1. The smallest absolute Gasteiger partial charge is 0.308 e. The monoisotopic (exact) mass is 390 g/mol. The van der Waals surface area contributed by atoms with Gasteiger partial charge in [-0.3, -0.25) is 0 Å². The highest BCUT2D eigenvalue weighted by atomic mass is 79.9. The van der Waals surface area contributed by atoms with Gasteiger partial charge >= 0.3 is 6.03 Å². The summed E-state index contributed by atoms with van der Waals surface area (Å²) in [6.07, 6.45) is 0. The zero-order valence-corrected chi connectivity index (χ0v) is 13.9. The van der Waals surface area contributed by atoms with Crippen LogP contribution in [0.5, 0.6) is 0 Å². The third kappa shape index (κ3) is 4.09. The van der Waals surface area contributed by atoms with Crippen molar-refractivity contribution in [3.8, 4) is 0 Å². The molecule has 0 saturated carbocycles. The molecule has 0 aliphatic heterocycles. The molecule has 0 unspecified atom stereocenters. The maximum absolute atomic E-state index is 13.5. The van der Waals surface area contributed by atoms with Crippen LogP contribution in [0.4, 0.5) is 20.6 Å². The second kappa shape index (κ2) is 6.64. The van der Waals surface area contributed by atoms with E-state index in [0.717, 1.165) is 5.56 Å². The van der Waals surface area contributed by atoms with Gasteiger partial charge in [0.05, 0.1) is 14.5 Å². The molecule has 0 spiro atoms. The standard InChI is InChI=1S/C14H10BrCl2FN2O/c1-7-4-9(15)12(18)6-13(7)20-14(21)19-8-2-3-10(16)11(17)5-8/h2-6H,1H3,(H2,19,20,21). The van der Waals surface area contributed by atoms with Crippen LogP contribution in [0.2, 0.25) is 10.0 Å². The number of urea groups is 1. The molecule has 0 aromatic heterocycles. The molecular weight excluding hydrogens is 382 g/mol. The Morgan fingerprint density at radius 1 is 1.14 bits per heavy atom. The molecule has 2 aromatic carbocycles. The van der Waals surface area contributed by atoms with E-state index in [9.17, 15) is 9.18 Å². The van der Waals surface area contributed by atoms with Gasteiger partial charge in [-0.1, -0.05) is 23.2 Å². The molecule has 2 aromatic rings. The van der Waals surface area contributed by atoms with Crippen LogP contribution in [0.3, 0.4) is 0 Å². The predicted octanol–water partition coefficient (Wildman–Crippen LogP) is 5.85. The summed E-state index contributed by atoms with van der Waals surface area (Å²) in [5.41, 5.74) is 1.60. The molecule has 2 N–H and O–H groups in total. The van der Waals surface area contributed by atoms with Gasteiger partial charge in [-0.15, -0.1) is 0 Å². The van der Waals surface area contributed by atoms with Crippen molar-refractivity contribution in [2.24, 2.45) is 0 Å². The molecule has 0 aliphatic rings. The lowest BCUT2D eigenvalue weighted by atomic mass is 10.2. The third-order valence-electron chi connectivity index (χ3n) is 2.69. The number of benzene rings is 2. The summed E-state index contributed by atoms with van der Waals surface area (Å²) in [5.74, 6) is -0.453. The molecule has 0 bridgehead atoms. The number of nitrogens with one attached hydrogen (secondary N) is 2. The van der Waals surface area contributed by atoms with Crippen molar-refractivity contribution in [3.05, 3.63) is 56.2 Å². The summed E-state index contributed by atoms with van der Waals surface area (Å²) < 4.78 is 13.8. The van der Waals surface area contributed by atoms with E-state index in [1.165, 1.54) is 12.1 Å². The first-order valence-corrected chi connectivity index (χ1v) is 7.40. The number of halogens is 4. The highest BCUT2D eigenvalue weighted by Gasteiger charge is 2.09. The Bertz CT molecular complexity index is 710. The third-order valence-corrected chi connectivity index (χ3v) is 4.04. The first-order valence-electron chi connectivity index (χ1n) is 5.85. The highest BCUT2D eigenvalue weighted by Crippen LogP contribution is 2.26. The molecule has 0 radical (unpaired) electrons. The van der Waals surface area contributed by atoms with Crippen molar-refractivity contribution < 1.29 is 9.18 Å². The molecule has 21 heavy (non-hydrogen) atoms. The Labute approximate surface area is 139 Å². The summed E-state index contributed by atoms with van der Waals surface area (Å²) in [4.78, 5) is 11.9. The van der Waals surface area contributed by atoms with E-state index in [4.69, 9.17) is 23.2 Å². The second-order valence-corrected chi connectivity index (χ2v) is 5.96. The molecule has 7 heteroatoms. The van der Waals surface area contributed by atoms with Gasteiger partial charge in [0.1, 0.15) is 5.82 Å². The Balaban J connectivity index is 2.11. The van der Waals surface area contributed by atoms with Crippen LogP contribution in [0.25, 0.3) is 0 Å². The minimum Gasteiger partial charge on any atom is -0.308 e. The van der Waals surface area contributed by atoms with Crippen molar-refractivity contribution in [1.82, 2.24) is 0 Å². The molecule has 2 rings (SSSR count). The quantitative estimate of drug-likeness (QED) is 0.662. The number of anilines is 2. The number of carbonyl (C=O) groups is 1. The Hall–Kier alpha value is -1.30. The maximum Gasteiger partial charge on any atom is 0.323 e. The molecule has 0 saturated heterocycles. The lowest BCUT2D eigenvalue weighted by Gasteiger charge is -2.11. The fourth-order valence-electron chi connectivity index (χ4n) is 1.64. The van der Waals surface area contributed by atoms with Crippen LogP contribution in [0.15, 0.2) is 34.8 Å². The first-order chi connectivity index (χ1) is 9.86. The fourth-order valence-corrected chi connectivity index (χ4v) is 2.40. The zero-order valence-electron chi connectivity index (χ0n) is 10.8. The molecule has 0 fully saturated rings. The normalized spacial score (nSPS) is 10.3. The number of carbonyl (C=O) groups excluding carboxylic acids is 1. The lowest BCUT2D eigenvalue weighted by Crippen LogP contribution is -2.20. The van der Waals surface area contributed by atoms with Crippen molar-refractivity contribution in [3.63, 3.8) is 0 Å². The Morgan fingerprint density at radius 3 is 2.52 bits per heavy atom. The topological polar surface area (TPSA) is 41.1 Å².